The number of unbranched alkanes of at least 4 members (excludes halogenated alkanes) is 2. The maximum atomic E-state index is 13.1. The summed E-state index contributed by atoms with van der Waals surface area (Å²) in [7, 11) is 1.98. The van der Waals surface area contributed by atoms with E-state index in [1.807, 2.05) is 74.0 Å². The second kappa shape index (κ2) is 28.3. The predicted octanol–water partition coefficient (Wildman–Crippen LogP) is 10.6. The van der Waals surface area contributed by atoms with Crippen LogP contribution in [0.3, 0.4) is 0 Å². The summed E-state index contributed by atoms with van der Waals surface area (Å²) in [5.74, 6) is 1.56. The normalized spacial score (nSPS) is 13.7. The lowest BCUT2D eigenvalue weighted by Crippen LogP contribution is -2.42. The first-order valence-electron chi connectivity index (χ1n) is 28.4. The quantitative estimate of drug-likeness (QED) is 0.0447. The number of pyridine rings is 2. The molecule has 2 aromatic carbocycles. The smallest absolute Gasteiger partial charge is 0.236 e. The average Bonchev–Trinajstić information content (AvgIpc) is 4.27. The fourth-order valence-corrected chi connectivity index (χ4v) is 10.7. The zero-order valence-electron chi connectivity index (χ0n) is 47.9. The molecule has 2 saturated heterocycles. The number of hydrogen-bond acceptors (Lipinski definition) is 10. The first-order valence-corrected chi connectivity index (χ1v) is 28.4. The van der Waals surface area contributed by atoms with E-state index in [2.05, 4.69) is 119 Å². The number of likely N-dealkylation sites (tertiary alicyclic amines) is 2. The molecular weight excluding hydrogens is 961 g/mol. The zero-order chi connectivity index (χ0) is 54.8. The van der Waals surface area contributed by atoms with E-state index in [9.17, 15) is 9.59 Å². The van der Waals surface area contributed by atoms with Crippen molar-refractivity contribution in [2.24, 2.45) is 17.9 Å². The van der Waals surface area contributed by atoms with Crippen molar-refractivity contribution in [1.82, 2.24) is 50.4 Å². The molecule has 6 heterocycles. The summed E-state index contributed by atoms with van der Waals surface area (Å²) in [6.07, 6.45) is 20.0. The minimum atomic E-state index is -0.605. The van der Waals surface area contributed by atoms with Crippen molar-refractivity contribution in [2.45, 2.75) is 132 Å². The van der Waals surface area contributed by atoms with Crippen molar-refractivity contribution in [3.63, 3.8) is 0 Å². The first kappa shape index (κ1) is 58.3. The van der Waals surface area contributed by atoms with Gasteiger partial charge in [-0.3, -0.25) is 29.3 Å². The molecule has 2 aliphatic rings. The molecule has 0 bridgehead atoms. The zero-order valence-corrected chi connectivity index (χ0v) is 47.9. The van der Waals surface area contributed by atoms with Gasteiger partial charge in [0.25, 0.3) is 0 Å². The summed E-state index contributed by atoms with van der Waals surface area (Å²) in [5.41, 5.74) is 12.8. The van der Waals surface area contributed by atoms with Crippen molar-refractivity contribution < 1.29 is 19.1 Å². The summed E-state index contributed by atoms with van der Waals surface area (Å²) in [4.78, 5) is 38.3. The van der Waals surface area contributed by atoms with E-state index in [-0.39, 0.29) is 11.8 Å². The molecule has 6 aromatic rings. The number of rotatable bonds is 26. The Hall–Kier alpha value is -6.38. The number of aromatic amines is 1. The highest BCUT2D eigenvalue weighted by Crippen LogP contribution is 2.35. The third-order valence-electron chi connectivity index (χ3n) is 14.8. The molecule has 3 N–H and O–H groups in total. The van der Waals surface area contributed by atoms with Gasteiger partial charge in [-0.15, -0.1) is 10.2 Å². The van der Waals surface area contributed by atoms with Crippen LogP contribution in [0.1, 0.15) is 124 Å². The Labute approximate surface area is 459 Å². The van der Waals surface area contributed by atoms with E-state index in [1.54, 1.807) is 0 Å². The van der Waals surface area contributed by atoms with Crippen LogP contribution < -0.4 is 20.1 Å². The molecule has 0 saturated carbocycles. The molecule has 2 fully saturated rings. The maximum Gasteiger partial charge on any atom is 0.236 e. The van der Waals surface area contributed by atoms with Crippen LogP contribution in [-0.2, 0) is 42.3 Å². The van der Waals surface area contributed by atoms with E-state index in [4.69, 9.17) is 14.6 Å². The highest BCUT2D eigenvalue weighted by Gasteiger charge is 2.36. The van der Waals surface area contributed by atoms with Crippen molar-refractivity contribution >= 4 is 11.8 Å². The van der Waals surface area contributed by atoms with Gasteiger partial charge < -0.3 is 29.9 Å². The maximum absolute atomic E-state index is 13.1. The van der Waals surface area contributed by atoms with Crippen molar-refractivity contribution in [3.05, 3.63) is 130 Å². The van der Waals surface area contributed by atoms with Crippen molar-refractivity contribution in [1.29, 1.82) is 0 Å². The van der Waals surface area contributed by atoms with E-state index >= 15 is 0 Å². The Morgan fingerprint density at radius 1 is 0.558 bits per heavy atom. The second-order valence-electron chi connectivity index (χ2n) is 22.9. The van der Waals surface area contributed by atoms with Gasteiger partial charge in [-0.2, -0.15) is 0 Å². The van der Waals surface area contributed by atoms with Gasteiger partial charge in [0.05, 0.1) is 22.2 Å². The third kappa shape index (κ3) is 17.1. The van der Waals surface area contributed by atoms with Gasteiger partial charge in [0.2, 0.25) is 23.6 Å². The lowest BCUT2D eigenvalue weighted by atomic mass is 9.93. The van der Waals surface area contributed by atoms with E-state index in [0.29, 0.717) is 25.0 Å². The topological polar surface area (TPSA) is 155 Å². The number of aromatic nitrogens is 6. The molecular formula is C63H88N10O4. The Kier molecular flexibility index (Phi) is 21.4. The summed E-state index contributed by atoms with van der Waals surface area (Å²) < 4.78 is 14.6. The molecule has 0 radical (unpaired) electrons. The number of hydrogen-bond donors (Lipinski definition) is 3. The molecule has 4 aromatic heterocycles. The number of benzene rings is 2. The van der Waals surface area contributed by atoms with Crippen LogP contribution in [0.4, 0.5) is 0 Å². The van der Waals surface area contributed by atoms with Crippen LogP contribution in [0.5, 0.6) is 11.8 Å². The summed E-state index contributed by atoms with van der Waals surface area (Å²) in [6, 6.07) is 21.5. The first-order chi connectivity index (χ1) is 37.1. The molecule has 8 rings (SSSR count). The molecule has 0 aliphatic carbocycles. The summed E-state index contributed by atoms with van der Waals surface area (Å²) in [5, 5.41) is 19.8. The largest absolute Gasteiger partial charge is 0.475 e. The van der Waals surface area contributed by atoms with E-state index < -0.39 is 10.8 Å². The molecule has 2 aliphatic heterocycles. The molecule has 77 heavy (non-hydrogen) atoms. The van der Waals surface area contributed by atoms with Crippen molar-refractivity contribution in [2.75, 3.05) is 65.6 Å². The predicted molar refractivity (Wildman–Crippen MR) is 309 cm³/mol. The number of carbonyl (C=O) groups is 2. The molecule has 414 valence electrons. The minimum Gasteiger partial charge on any atom is -0.475 e. The van der Waals surface area contributed by atoms with Crippen molar-refractivity contribution in [3.8, 4) is 34.3 Å². The standard InChI is InChI=1S/C32H45N5O2.C31H43N5O2/c1-24-20-25(2)22-27(21-24)29-28(13-17-33-14-7-6-10-26-11-15-34-16-12-26)30(35-36(29)5)39-23-32(3,4)31(38)37-18-8-9-19-37;1-23-19-24(2)21-26(20-23)28-27(12-16-32-13-6-5-9-25-10-14-33-15-11-25)29(35-34-28)38-22-31(3,4)30(37)36-17-7-8-18-36/h11-12,15-16,20-22,33H,6-10,13-14,17-19,23H2,1-5H3;10-11,14-15,19-21,32H,5-9,12-13,16-18,22H2,1-4H3,(H,34,35). The Balaban J connectivity index is 0.000000224. The summed E-state index contributed by atoms with van der Waals surface area (Å²) >= 11 is 0. The van der Waals surface area contributed by atoms with Gasteiger partial charge in [-0.25, -0.2) is 0 Å². The van der Waals surface area contributed by atoms with Crippen LogP contribution in [0, 0.1) is 38.5 Å². The van der Waals surface area contributed by atoms with E-state index in [1.165, 1.54) is 33.4 Å². The Morgan fingerprint density at radius 2 is 0.987 bits per heavy atom. The minimum absolute atomic E-state index is 0.162. The highest BCUT2D eigenvalue weighted by atomic mass is 16.5. The number of nitrogens with zero attached hydrogens (tertiary/aromatic N) is 7. The number of amides is 2. The van der Waals surface area contributed by atoms with Crippen LogP contribution in [-0.4, -0.2) is 117 Å². The van der Waals surface area contributed by atoms with Crippen LogP contribution in [0.15, 0.2) is 85.5 Å². The van der Waals surface area contributed by atoms with Gasteiger partial charge >= 0.3 is 0 Å². The van der Waals surface area contributed by atoms with Gasteiger partial charge in [-0.1, -0.05) is 34.4 Å². The average molecular weight is 1050 g/mol. The Bertz CT molecular complexity index is 2750. The fourth-order valence-electron chi connectivity index (χ4n) is 10.7. The van der Waals surface area contributed by atoms with Crippen LogP contribution in [0.25, 0.3) is 22.5 Å². The number of aryl methyl sites for hydroxylation is 7. The molecule has 0 unspecified atom stereocenters. The number of carbonyl (C=O) groups excluding carboxylic acids is 2. The highest BCUT2D eigenvalue weighted by molar-refractivity contribution is 5.83. The summed E-state index contributed by atoms with van der Waals surface area (Å²) in [6.45, 7) is 24.0. The molecule has 2 amide bonds. The number of ether oxygens (including phenoxy) is 2. The van der Waals surface area contributed by atoms with Gasteiger partial charge in [0.1, 0.15) is 13.2 Å². The van der Waals surface area contributed by atoms with Gasteiger partial charge in [0, 0.05) is 80.3 Å². The monoisotopic (exact) mass is 1050 g/mol. The lowest BCUT2D eigenvalue weighted by Gasteiger charge is -2.28. The molecule has 14 heteroatoms. The van der Waals surface area contributed by atoms with Gasteiger partial charge in [0.15, 0.2) is 0 Å². The molecule has 0 spiro atoms. The molecule has 0 atom stereocenters. The number of nitrogens with one attached hydrogen (secondary N) is 3. The van der Waals surface area contributed by atoms with Gasteiger partial charge in [-0.05, 0) is 218 Å². The Morgan fingerprint density at radius 3 is 1.45 bits per heavy atom. The van der Waals surface area contributed by atoms with Crippen LogP contribution in [0.2, 0.25) is 0 Å². The number of H-pyrrole nitrogens is 1. The third-order valence-corrected chi connectivity index (χ3v) is 14.8. The van der Waals surface area contributed by atoms with Crippen LogP contribution >= 0.6 is 0 Å². The SMILES string of the molecule is Cc1cc(C)cc(-c2[nH]nc(OCC(C)(C)C(=O)N3CCCC3)c2CCNCCCCc2ccncc2)c1.Cc1cc(C)cc(-c2c(CCNCCCCc3ccncc3)c(OCC(C)(C)C(=O)N3CCCC3)nn2C)c1. The fraction of sp³-hybridized carbons (Fsp3) is 0.524. The molecule has 14 nitrogen and oxygen atoms in total. The van der Waals surface area contributed by atoms with E-state index in [0.717, 1.165) is 163 Å². The second-order valence-corrected chi connectivity index (χ2v) is 22.9. The lowest BCUT2D eigenvalue weighted by molar-refractivity contribution is -0.141.